The summed E-state index contributed by atoms with van der Waals surface area (Å²) in [5.74, 6) is 0.147. The third-order valence-electron chi connectivity index (χ3n) is 3.12. The minimum absolute atomic E-state index is 0.0951. The number of rotatable bonds is 3. The molecule has 1 fully saturated rings. The fourth-order valence-corrected chi connectivity index (χ4v) is 2.23. The zero-order valence-corrected chi connectivity index (χ0v) is 11.2. The van der Waals surface area contributed by atoms with Gasteiger partial charge in [0.15, 0.2) is 0 Å². The average Bonchev–Trinajstić information content (AvgIpc) is 2.70. The molecule has 6 heteroatoms. The normalized spacial score (nSPS) is 23.1. The van der Waals surface area contributed by atoms with Crippen molar-refractivity contribution in [2.24, 2.45) is 5.92 Å². The number of nitrogens with one attached hydrogen (secondary N) is 1. The van der Waals surface area contributed by atoms with E-state index < -0.39 is 0 Å². The Hall–Kier alpha value is -1.20. The Labute approximate surface area is 111 Å². The molecule has 0 bridgehead atoms. The van der Waals surface area contributed by atoms with Crippen molar-refractivity contribution in [3.05, 3.63) is 22.7 Å². The second-order valence-corrected chi connectivity index (χ2v) is 4.84. The SMILES string of the molecule is Cc1cc(C(=O)NCC2CCOC2C)nc(Cl)n1. The van der Waals surface area contributed by atoms with Crippen LogP contribution in [0.5, 0.6) is 0 Å². The van der Waals surface area contributed by atoms with Gasteiger partial charge in [0.25, 0.3) is 5.91 Å². The molecule has 1 aromatic heterocycles. The Bertz CT molecular complexity index is 433. The Morgan fingerprint density at radius 3 is 3.00 bits per heavy atom. The predicted octanol–water partition coefficient (Wildman–Crippen LogP) is 1.59. The first-order valence-corrected chi connectivity index (χ1v) is 6.35. The maximum atomic E-state index is 11.9. The van der Waals surface area contributed by atoms with Crippen molar-refractivity contribution < 1.29 is 9.53 Å². The van der Waals surface area contributed by atoms with Crippen LogP contribution in [0.25, 0.3) is 0 Å². The molecule has 1 aromatic rings. The first-order valence-electron chi connectivity index (χ1n) is 5.97. The van der Waals surface area contributed by atoms with Crippen LogP contribution in [0.15, 0.2) is 6.07 Å². The van der Waals surface area contributed by atoms with E-state index in [0.717, 1.165) is 13.0 Å². The molecule has 1 amide bonds. The molecule has 0 saturated carbocycles. The number of carbonyl (C=O) groups excluding carboxylic acids is 1. The quantitative estimate of drug-likeness (QED) is 0.847. The average molecular weight is 270 g/mol. The number of ether oxygens (including phenoxy) is 1. The minimum atomic E-state index is -0.221. The summed E-state index contributed by atoms with van der Waals surface area (Å²) in [6.45, 7) is 5.16. The summed E-state index contributed by atoms with van der Waals surface area (Å²) >= 11 is 5.72. The van der Waals surface area contributed by atoms with Gasteiger partial charge >= 0.3 is 0 Å². The standard InChI is InChI=1S/C12H16ClN3O2/c1-7-5-10(16-12(13)15-7)11(17)14-6-9-3-4-18-8(9)2/h5,8-9H,3-4,6H2,1-2H3,(H,14,17). The summed E-state index contributed by atoms with van der Waals surface area (Å²) < 4.78 is 5.44. The molecular formula is C12H16ClN3O2. The topological polar surface area (TPSA) is 64.1 Å². The highest BCUT2D eigenvalue weighted by molar-refractivity contribution is 6.28. The number of hydrogen-bond donors (Lipinski definition) is 1. The molecule has 98 valence electrons. The summed E-state index contributed by atoms with van der Waals surface area (Å²) in [5.41, 5.74) is 0.983. The van der Waals surface area contributed by atoms with E-state index in [1.807, 2.05) is 6.92 Å². The lowest BCUT2D eigenvalue weighted by Gasteiger charge is -2.14. The van der Waals surface area contributed by atoms with Crippen molar-refractivity contribution in [3.63, 3.8) is 0 Å². The molecule has 2 unspecified atom stereocenters. The third-order valence-corrected chi connectivity index (χ3v) is 3.29. The summed E-state index contributed by atoms with van der Waals surface area (Å²) in [7, 11) is 0. The van der Waals surface area contributed by atoms with Crippen LogP contribution in [-0.2, 0) is 4.74 Å². The molecule has 2 heterocycles. The molecule has 1 saturated heterocycles. The number of amides is 1. The van der Waals surface area contributed by atoms with Gasteiger partial charge in [-0.1, -0.05) is 0 Å². The number of nitrogens with zero attached hydrogens (tertiary/aromatic N) is 2. The van der Waals surface area contributed by atoms with Crippen molar-refractivity contribution in [1.29, 1.82) is 0 Å². The second kappa shape index (κ2) is 5.63. The van der Waals surface area contributed by atoms with Gasteiger partial charge in [-0.25, -0.2) is 9.97 Å². The van der Waals surface area contributed by atoms with E-state index in [1.165, 1.54) is 0 Å². The van der Waals surface area contributed by atoms with Gasteiger partial charge in [-0.3, -0.25) is 4.79 Å². The van der Waals surface area contributed by atoms with E-state index >= 15 is 0 Å². The fourth-order valence-electron chi connectivity index (χ4n) is 2.01. The molecule has 1 aliphatic heterocycles. The molecule has 1 N–H and O–H groups in total. The van der Waals surface area contributed by atoms with E-state index in [2.05, 4.69) is 15.3 Å². The number of carbonyl (C=O) groups is 1. The molecule has 2 rings (SSSR count). The monoisotopic (exact) mass is 269 g/mol. The van der Waals surface area contributed by atoms with Gasteiger partial charge in [0, 0.05) is 24.8 Å². The summed E-state index contributed by atoms with van der Waals surface area (Å²) in [4.78, 5) is 19.7. The van der Waals surface area contributed by atoms with E-state index in [1.54, 1.807) is 13.0 Å². The van der Waals surface area contributed by atoms with Gasteiger partial charge in [0.05, 0.1) is 6.10 Å². The second-order valence-electron chi connectivity index (χ2n) is 4.50. The fraction of sp³-hybridized carbons (Fsp3) is 0.583. The molecule has 2 atom stereocenters. The van der Waals surface area contributed by atoms with Crippen LogP contribution in [0.2, 0.25) is 5.28 Å². The zero-order chi connectivity index (χ0) is 13.1. The van der Waals surface area contributed by atoms with Crippen molar-refractivity contribution >= 4 is 17.5 Å². The van der Waals surface area contributed by atoms with Crippen LogP contribution in [0.3, 0.4) is 0 Å². The smallest absolute Gasteiger partial charge is 0.270 e. The van der Waals surface area contributed by atoms with E-state index in [4.69, 9.17) is 16.3 Å². The minimum Gasteiger partial charge on any atom is -0.378 e. The first kappa shape index (κ1) is 13.2. The van der Waals surface area contributed by atoms with Crippen molar-refractivity contribution in [3.8, 4) is 0 Å². The van der Waals surface area contributed by atoms with Crippen LogP contribution in [-0.4, -0.2) is 35.1 Å². The number of aryl methyl sites for hydroxylation is 1. The highest BCUT2D eigenvalue weighted by Gasteiger charge is 2.24. The number of hydrogen-bond acceptors (Lipinski definition) is 4. The van der Waals surface area contributed by atoms with Crippen LogP contribution in [0, 0.1) is 12.8 Å². The van der Waals surface area contributed by atoms with Crippen LogP contribution in [0.4, 0.5) is 0 Å². The maximum absolute atomic E-state index is 11.9. The molecule has 0 spiro atoms. The van der Waals surface area contributed by atoms with Gasteiger partial charge in [0.1, 0.15) is 5.69 Å². The lowest BCUT2D eigenvalue weighted by atomic mass is 10.0. The van der Waals surface area contributed by atoms with Crippen LogP contribution < -0.4 is 5.32 Å². The summed E-state index contributed by atoms with van der Waals surface area (Å²) in [6, 6.07) is 1.62. The Morgan fingerprint density at radius 1 is 1.61 bits per heavy atom. The molecule has 0 aromatic carbocycles. The molecule has 18 heavy (non-hydrogen) atoms. The largest absolute Gasteiger partial charge is 0.378 e. The van der Waals surface area contributed by atoms with E-state index in [0.29, 0.717) is 23.9 Å². The molecular weight excluding hydrogens is 254 g/mol. The molecule has 1 aliphatic rings. The number of halogens is 1. The maximum Gasteiger partial charge on any atom is 0.270 e. The van der Waals surface area contributed by atoms with E-state index in [-0.39, 0.29) is 17.3 Å². The highest BCUT2D eigenvalue weighted by atomic mass is 35.5. The van der Waals surface area contributed by atoms with E-state index in [9.17, 15) is 4.79 Å². The zero-order valence-electron chi connectivity index (χ0n) is 10.4. The lowest BCUT2D eigenvalue weighted by molar-refractivity contribution is 0.0903. The van der Waals surface area contributed by atoms with Gasteiger partial charge in [-0.05, 0) is 37.9 Å². The van der Waals surface area contributed by atoms with Crippen LogP contribution >= 0.6 is 11.6 Å². The molecule has 0 radical (unpaired) electrons. The highest BCUT2D eigenvalue weighted by Crippen LogP contribution is 2.19. The van der Waals surface area contributed by atoms with Crippen molar-refractivity contribution in [1.82, 2.24) is 15.3 Å². The lowest BCUT2D eigenvalue weighted by Crippen LogP contribution is -2.32. The predicted molar refractivity (Wildman–Crippen MR) is 67.6 cm³/mol. The third kappa shape index (κ3) is 3.17. The Balaban J connectivity index is 1.95. The first-order chi connectivity index (χ1) is 8.56. The summed E-state index contributed by atoms with van der Waals surface area (Å²) in [6.07, 6.45) is 1.17. The van der Waals surface area contributed by atoms with Gasteiger partial charge in [-0.2, -0.15) is 0 Å². The Kier molecular flexibility index (Phi) is 4.14. The number of aromatic nitrogens is 2. The van der Waals surface area contributed by atoms with Gasteiger partial charge < -0.3 is 10.1 Å². The van der Waals surface area contributed by atoms with Crippen LogP contribution in [0.1, 0.15) is 29.5 Å². The summed E-state index contributed by atoms with van der Waals surface area (Å²) in [5, 5.41) is 2.95. The Morgan fingerprint density at radius 2 is 2.39 bits per heavy atom. The molecule has 5 nitrogen and oxygen atoms in total. The van der Waals surface area contributed by atoms with Crippen molar-refractivity contribution in [2.75, 3.05) is 13.2 Å². The molecule has 0 aliphatic carbocycles. The van der Waals surface area contributed by atoms with Crippen molar-refractivity contribution in [2.45, 2.75) is 26.4 Å². The van der Waals surface area contributed by atoms with Gasteiger partial charge in [0.2, 0.25) is 5.28 Å². The van der Waals surface area contributed by atoms with Gasteiger partial charge in [-0.15, -0.1) is 0 Å².